The van der Waals surface area contributed by atoms with E-state index < -0.39 is 0 Å². The second-order valence-corrected chi connectivity index (χ2v) is 2.48. The summed E-state index contributed by atoms with van der Waals surface area (Å²) in [5, 5.41) is 0. The van der Waals surface area contributed by atoms with E-state index in [1.54, 1.807) is 16.0 Å². The van der Waals surface area contributed by atoms with E-state index >= 15 is 0 Å². The third-order valence-corrected chi connectivity index (χ3v) is 2.19. The van der Waals surface area contributed by atoms with Gasteiger partial charge in [0.1, 0.15) is 0 Å². The molecule has 1 aromatic heterocycles. The van der Waals surface area contributed by atoms with Gasteiger partial charge in [-0.1, -0.05) is 0 Å². The van der Waals surface area contributed by atoms with Crippen molar-refractivity contribution in [3.05, 3.63) is 17.1 Å². The topological polar surface area (TPSA) is 17.8 Å². The molecule has 2 nitrogen and oxygen atoms in total. The van der Waals surface area contributed by atoms with Gasteiger partial charge in [-0.2, -0.15) is 0 Å². The molecule has 0 aromatic carbocycles. The second-order valence-electron chi connectivity index (χ2n) is 1.01. The van der Waals surface area contributed by atoms with Gasteiger partial charge in [0, 0.05) is 12.4 Å². The highest BCUT2D eigenvalue weighted by Gasteiger charge is 1.88. The van der Waals surface area contributed by atoms with Gasteiger partial charge in [-0.25, -0.2) is 4.98 Å². The Morgan fingerprint density at radius 3 is 2.57 bits per heavy atom. The lowest BCUT2D eigenvalue weighted by Crippen LogP contribution is -1.71. The maximum atomic E-state index is 3.85. The zero-order valence-electron chi connectivity index (χ0n) is 3.31. The van der Waals surface area contributed by atoms with Crippen LogP contribution < -0.4 is 0 Å². The summed E-state index contributed by atoms with van der Waals surface area (Å²) in [6.07, 6.45) is 3.49. The molecule has 0 radical (unpaired) electrons. The lowest BCUT2D eigenvalue weighted by atomic mass is 11.0. The number of halogens is 2. The molecule has 0 spiro atoms. The molecule has 1 aromatic rings. The molecule has 4 heteroatoms. The molecular weight excluding hydrogens is 224 g/mol. The van der Waals surface area contributed by atoms with E-state index in [1.807, 2.05) is 0 Å². The number of imidazole rings is 1. The first-order valence-electron chi connectivity index (χ1n) is 1.65. The van der Waals surface area contributed by atoms with E-state index in [2.05, 4.69) is 37.1 Å². The molecule has 0 bridgehead atoms. The lowest BCUT2D eigenvalue weighted by molar-refractivity contribution is 1.19. The molecule has 0 unspecified atom stereocenters. The van der Waals surface area contributed by atoms with Crippen molar-refractivity contribution in [3.63, 3.8) is 0 Å². The van der Waals surface area contributed by atoms with Gasteiger partial charge < -0.3 is 0 Å². The average Bonchev–Trinajstić information content (AvgIpc) is 1.91. The quantitative estimate of drug-likeness (QED) is 0.659. The van der Waals surface area contributed by atoms with Crippen LogP contribution in [0.3, 0.4) is 0 Å². The molecule has 0 aliphatic carbocycles. The maximum absolute atomic E-state index is 3.85. The molecule has 0 aliphatic heterocycles. The Labute approximate surface area is 58.0 Å². The highest BCUT2D eigenvalue weighted by atomic mass is 79.9. The Kier molecular flexibility index (Phi) is 1.49. The first-order valence-corrected chi connectivity index (χ1v) is 3.16. The average molecular weight is 226 g/mol. The predicted molar refractivity (Wildman–Crippen MR) is 34.3 cm³/mol. The molecule has 0 fully saturated rings. The zero-order valence-corrected chi connectivity index (χ0v) is 6.48. The summed E-state index contributed by atoms with van der Waals surface area (Å²) < 4.78 is 2.49. The Morgan fingerprint density at radius 2 is 2.43 bits per heavy atom. The largest absolute Gasteiger partial charge is 0.260 e. The standard InChI is InChI=1S/C3H2Br2N2/c4-3-6-1-2-7(3)5/h1-2H. The summed E-state index contributed by atoms with van der Waals surface area (Å²) in [7, 11) is 0. The molecule has 1 rings (SSSR count). The summed E-state index contributed by atoms with van der Waals surface area (Å²) in [6, 6.07) is 0. The highest BCUT2D eigenvalue weighted by molar-refractivity contribution is 9.11. The maximum Gasteiger partial charge on any atom is 0.187 e. The SMILES string of the molecule is Brc1nccn1Br. The van der Waals surface area contributed by atoms with Crippen molar-refractivity contribution in [1.82, 2.24) is 8.58 Å². The van der Waals surface area contributed by atoms with Crippen molar-refractivity contribution < 1.29 is 0 Å². The number of hydrogen-bond acceptors (Lipinski definition) is 1. The van der Waals surface area contributed by atoms with Crippen molar-refractivity contribution in [2.24, 2.45) is 0 Å². The van der Waals surface area contributed by atoms with Crippen LogP contribution in [0.2, 0.25) is 0 Å². The van der Waals surface area contributed by atoms with Crippen LogP contribution in [0.5, 0.6) is 0 Å². The molecule has 7 heavy (non-hydrogen) atoms. The van der Waals surface area contributed by atoms with E-state index in [0.717, 1.165) is 4.73 Å². The van der Waals surface area contributed by atoms with Crippen LogP contribution in [0, 0.1) is 0 Å². The van der Waals surface area contributed by atoms with Crippen molar-refractivity contribution in [2.45, 2.75) is 0 Å². The van der Waals surface area contributed by atoms with Crippen LogP contribution in [0.15, 0.2) is 17.1 Å². The Bertz CT molecular complexity index is 143. The number of aromatic nitrogens is 2. The van der Waals surface area contributed by atoms with Crippen molar-refractivity contribution in [2.75, 3.05) is 0 Å². The summed E-state index contributed by atoms with van der Waals surface area (Å²) in [6.45, 7) is 0. The van der Waals surface area contributed by atoms with Crippen LogP contribution in [-0.2, 0) is 0 Å². The molecule has 0 saturated heterocycles. The van der Waals surface area contributed by atoms with Gasteiger partial charge in [-0.05, 0) is 15.9 Å². The van der Waals surface area contributed by atoms with Crippen LogP contribution in [0.4, 0.5) is 0 Å². The van der Waals surface area contributed by atoms with Gasteiger partial charge in [0.15, 0.2) is 4.73 Å². The Hall–Kier alpha value is 0.170. The van der Waals surface area contributed by atoms with Crippen molar-refractivity contribution >= 4 is 32.1 Å². The lowest BCUT2D eigenvalue weighted by Gasteiger charge is -1.81. The van der Waals surface area contributed by atoms with Crippen molar-refractivity contribution in [1.29, 1.82) is 0 Å². The third kappa shape index (κ3) is 1.04. The van der Waals surface area contributed by atoms with Crippen LogP contribution in [-0.4, -0.2) is 8.58 Å². The highest BCUT2D eigenvalue weighted by Crippen LogP contribution is 2.07. The molecule has 0 amide bonds. The van der Waals surface area contributed by atoms with E-state index in [1.165, 1.54) is 0 Å². The fourth-order valence-corrected chi connectivity index (χ4v) is 0.704. The van der Waals surface area contributed by atoms with Crippen LogP contribution in [0.25, 0.3) is 0 Å². The van der Waals surface area contributed by atoms with Gasteiger partial charge in [0.05, 0.1) is 16.1 Å². The van der Waals surface area contributed by atoms with E-state index in [9.17, 15) is 0 Å². The monoisotopic (exact) mass is 224 g/mol. The van der Waals surface area contributed by atoms with Crippen LogP contribution >= 0.6 is 32.1 Å². The van der Waals surface area contributed by atoms with Gasteiger partial charge >= 0.3 is 0 Å². The summed E-state index contributed by atoms with van der Waals surface area (Å²) in [5.74, 6) is 0. The third-order valence-electron chi connectivity index (χ3n) is 0.555. The molecular formula is C3H2Br2N2. The summed E-state index contributed by atoms with van der Waals surface area (Å²) in [4.78, 5) is 3.85. The predicted octanol–water partition coefficient (Wildman–Crippen LogP) is 1.80. The minimum absolute atomic E-state index is 0.785. The minimum atomic E-state index is 0.785. The molecule has 38 valence electrons. The Morgan fingerprint density at radius 1 is 1.71 bits per heavy atom. The van der Waals surface area contributed by atoms with Gasteiger partial charge in [0.25, 0.3) is 0 Å². The number of nitrogens with zero attached hydrogens (tertiary/aromatic N) is 2. The van der Waals surface area contributed by atoms with Gasteiger partial charge in [-0.15, -0.1) is 0 Å². The number of hydrogen-bond donors (Lipinski definition) is 0. The van der Waals surface area contributed by atoms with E-state index in [-0.39, 0.29) is 0 Å². The first kappa shape index (κ1) is 5.31. The van der Waals surface area contributed by atoms with E-state index in [4.69, 9.17) is 0 Å². The van der Waals surface area contributed by atoms with E-state index in [0.29, 0.717) is 0 Å². The summed E-state index contributed by atoms with van der Waals surface area (Å²) >= 11 is 6.34. The fraction of sp³-hybridized carbons (Fsp3) is 0. The first-order chi connectivity index (χ1) is 3.30. The molecule has 0 N–H and O–H groups in total. The van der Waals surface area contributed by atoms with Crippen LogP contribution in [0.1, 0.15) is 0 Å². The summed E-state index contributed by atoms with van der Waals surface area (Å²) in [5.41, 5.74) is 0. The Balaban J connectivity index is 3.12. The smallest absolute Gasteiger partial charge is 0.187 e. The fourth-order valence-electron chi connectivity index (χ4n) is 0.270. The molecule has 0 saturated carbocycles. The van der Waals surface area contributed by atoms with Gasteiger partial charge in [0.2, 0.25) is 0 Å². The van der Waals surface area contributed by atoms with Crippen molar-refractivity contribution in [3.8, 4) is 0 Å². The second kappa shape index (κ2) is 1.96. The zero-order chi connectivity index (χ0) is 5.28. The normalized spacial score (nSPS) is 9.43. The molecule has 0 aliphatic rings. The molecule has 0 atom stereocenters. The number of rotatable bonds is 0. The minimum Gasteiger partial charge on any atom is -0.260 e. The van der Waals surface area contributed by atoms with Gasteiger partial charge in [-0.3, -0.25) is 3.59 Å². The molecule has 1 heterocycles.